The van der Waals surface area contributed by atoms with E-state index in [4.69, 9.17) is 29.0 Å². The second-order valence-corrected chi connectivity index (χ2v) is 8.79. The van der Waals surface area contributed by atoms with Gasteiger partial charge in [0.1, 0.15) is 11.4 Å². The molecule has 0 fully saturated rings. The van der Waals surface area contributed by atoms with Crippen molar-refractivity contribution in [2.24, 2.45) is 0 Å². The van der Waals surface area contributed by atoms with Crippen molar-refractivity contribution < 1.29 is 18.9 Å². The van der Waals surface area contributed by atoms with Crippen molar-refractivity contribution in [1.82, 2.24) is 14.6 Å². The number of thiophene rings is 1. The fourth-order valence-electron chi connectivity index (χ4n) is 4.25. The lowest BCUT2D eigenvalue weighted by molar-refractivity contribution is 0.324. The van der Waals surface area contributed by atoms with Crippen LogP contribution in [0.3, 0.4) is 0 Å². The summed E-state index contributed by atoms with van der Waals surface area (Å²) in [6.07, 6.45) is 0. The molecular formula is C27H25N3O4S. The number of fused-ring (bicyclic) bond motifs is 1. The second-order valence-electron chi connectivity index (χ2n) is 7.84. The summed E-state index contributed by atoms with van der Waals surface area (Å²) in [6.45, 7) is 2.01. The summed E-state index contributed by atoms with van der Waals surface area (Å²) in [6, 6.07) is 17.9. The van der Waals surface area contributed by atoms with Crippen LogP contribution in [0, 0.1) is 6.92 Å². The molecule has 7 nitrogen and oxygen atoms in total. The summed E-state index contributed by atoms with van der Waals surface area (Å²) in [4.78, 5) is 6.00. The highest BCUT2D eigenvalue weighted by Crippen LogP contribution is 2.44. The predicted octanol–water partition coefficient (Wildman–Crippen LogP) is 6.13. The van der Waals surface area contributed by atoms with Crippen LogP contribution >= 0.6 is 11.3 Å². The Labute approximate surface area is 207 Å². The Morgan fingerprint density at radius 1 is 0.800 bits per heavy atom. The monoisotopic (exact) mass is 487 g/mol. The maximum atomic E-state index is 5.66. The Morgan fingerprint density at radius 2 is 1.51 bits per heavy atom. The van der Waals surface area contributed by atoms with Crippen molar-refractivity contribution in [3.63, 3.8) is 0 Å². The molecule has 5 aromatic rings. The maximum Gasteiger partial charge on any atom is 0.203 e. The number of hydrogen-bond donors (Lipinski definition) is 0. The van der Waals surface area contributed by atoms with Gasteiger partial charge in [0.25, 0.3) is 0 Å². The first-order valence-corrected chi connectivity index (χ1v) is 11.8. The second kappa shape index (κ2) is 9.31. The molecule has 35 heavy (non-hydrogen) atoms. The summed E-state index contributed by atoms with van der Waals surface area (Å²) in [5.74, 6) is 2.45. The highest BCUT2D eigenvalue weighted by Gasteiger charge is 2.22. The molecule has 0 amide bonds. The fraction of sp³-hybridized carbons (Fsp3) is 0.185. The van der Waals surface area contributed by atoms with Gasteiger partial charge < -0.3 is 18.9 Å². The van der Waals surface area contributed by atoms with Crippen LogP contribution in [0.1, 0.15) is 5.69 Å². The van der Waals surface area contributed by atoms with Crippen molar-refractivity contribution in [3.05, 3.63) is 65.7 Å². The summed E-state index contributed by atoms with van der Waals surface area (Å²) in [5.41, 5.74) is 6.19. The van der Waals surface area contributed by atoms with Gasteiger partial charge in [-0.15, -0.1) is 11.3 Å². The molecule has 0 bridgehead atoms. The van der Waals surface area contributed by atoms with Gasteiger partial charge in [-0.3, -0.25) is 0 Å². The molecule has 0 N–H and O–H groups in total. The lowest BCUT2D eigenvalue weighted by atomic mass is 9.97. The minimum atomic E-state index is 0.534. The lowest BCUT2D eigenvalue weighted by Crippen LogP contribution is -2.04. The molecule has 8 heteroatoms. The number of nitrogens with zero attached hydrogens (tertiary/aromatic N) is 3. The summed E-state index contributed by atoms with van der Waals surface area (Å²) in [7, 11) is 6.48. The Hall–Kier alpha value is -4.04. The first kappa shape index (κ1) is 22.7. The minimum absolute atomic E-state index is 0.534. The number of methoxy groups -OCH3 is 4. The van der Waals surface area contributed by atoms with Gasteiger partial charge in [0.05, 0.1) is 39.0 Å². The molecular weight excluding hydrogens is 462 g/mol. The van der Waals surface area contributed by atoms with E-state index in [1.165, 1.54) is 0 Å². The zero-order valence-electron chi connectivity index (χ0n) is 20.2. The number of ether oxygens (including phenoxy) is 4. The van der Waals surface area contributed by atoms with Crippen molar-refractivity contribution in [2.45, 2.75) is 6.92 Å². The van der Waals surface area contributed by atoms with Crippen LogP contribution in [0.5, 0.6) is 23.0 Å². The number of aromatic nitrogens is 3. The van der Waals surface area contributed by atoms with E-state index in [-0.39, 0.29) is 0 Å². The van der Waals surface area contributed by atoms with E-state index in [1.54, 1.807) is 39.8 Å². The average Bonchev–Trinajstić information content (AvgIpc) is 3.57. The van der Waals surface area contributed by atoms with Crippen LogP contribution in [0.15, 0.2) is 60.0 Å². The van der Waals surface area contributed by atoms with Gasteiger partial charge >= 0.3 is 0 Å². The normalized spacial score (nSPS) is 11.0. The Balaban J connectivity index is 1.86. The first-order chi connectivity index (χ1) is 17.1. The van der Waals surface area contributed by atoms with Gasteiger partial charge in [-0.2, -0.15) is 5.10 Å². The zero-order valence-corrected chi connectivity index (χ0v) is 21.0. The van der Waals surface area contributed by atoms with Gasteiger partial charge in [0, 0.05) is 22.9 Å². The maximum absolute atomic E-state index is 5.66. The third-order valence-corrected chi connectivity index (χ3v) is 6.77. The van der Waals surface area contributed by atoms with Crippen LogP contribution < -0.4 is 18.9 Å². The molecule has 0 aliphatic heterocycles. The molecule has 0 aliphatic carbocycles. The molecule has 2 aromatic carbocycles. The molecule has 0 saturated carbocycles. The average molecular weight is 488 g/mol. The molecule has 3 heterocycles. The van der Waals surface area contributed by atoms with Gasteiger partial charge in [0.15, 0.2) is 17.1 Å². The summed E-state index contributed by atoms with van der Waals surface area (Å²) >= 11 is 1.64. The number of hydrogen-bond acceptors (Lipinski definition) is 7. The molecule has 5 rings (SSSR count). The largest absolute Gasteiger partial charge is 0.497 e. The number of rotatable bonds is 7. The molecule has 0 radical (unpaired) electrons. The van der Waals surface area contributed by atoms with E-state index in [2.05, 4.69) is 6.07 Å². The van der Waals surface area contributed by atoms with E-state index in [0.717, 1.165) is 50.0 Å². The molecule has 0 atom stereocenters. The molecule has 0 aliphatic rings. The Morgan fingerprint density at radius 3 is 2.09 bits per heavy atom. The predicted molar refractivity (Wildman–Crippen MR) is 138 cm³/mol. The first-order valence-electron chi connectivity index (χ1n) is 11.0. The Bertz CT molecular complexity index is 1470. The fourth-order valence-corrected chi connectivity index (χ4v) is 4.93. The topological polar surface area (TPSA) is 67.1 Å². The molecule has 3 aromatic heterocycles. The quantitative estimate of drug-likeness (QED) is 0.275. The van der Waals surface area contributed by atoms with Crippen LogP contribution in [0.25, 0.3) is 38.6 Å². The third kappa shape index (κ3) is 3.95. The molecule has 0 unspecified atom stereocenters. The standard InChI is InChI=1S/C27H25N3O4S/c1-16-25(17-8-10-19(31-2)11-9-17)26(18-13-21(32-3)27(34-5)22(14-18)33-4)30-24(28-16)15-20(29-30)23-7-6-12-35-23/h6-15H,1-5H3. The smallest absolute Gasteiger partial charge is 0.203 e. The van der Waals surface area contributed by atoms with E-state index < -0.39 is 0 Å². The van der Waals surface area contributed by atoms with E-state index >= 15 is 0 Å². The van der Waals surface area contributed by atoms with Crippen LogP contribution in [-0.2, 0) is 0 Å². The minimum Gasteiger partial charge on any atom is -0.497 e. The van der Waals surface area contributed by atoms with Gasteiger partial charge in [-0.1, -0.05) is 18.2 Å². The molecule has 0 spiro atoms. The zero-order chi connectivity index (χ0) is 24.5. The molecule has 0 saturated heterocycles. The highest BCUT2D eigenvalue weighted by molar-refractivity contribution is 7.13. The van der Waals surface area contributed by atoms with Gasteiger partial charge in [0.2, 0.25) is 5.75 Å². The number of benzene rings is 2. The van der Waals surface area contributed by atoms with Crippen LogP contribution in [0.4, 0.5) is 0 Å². The number of aryl methyl sites for hydroxylation is 1. The highest BCUT2D eigenvalue weighted by atomic mass is 32.1. The summed E-state index contributed by atoms with van der Waals surface area (Å²) < 4.78 is 24.1. The van der Waals surface area contributed by atoms with E-state index in [1.807, 2.05) is 65.4 Å². The summed E-state index contributed by atoms with van der Waals surface area (Å²) in [5, 5.41) is 7.02. The lowest BCUT2D eigenvalue weighted by Gasteiger charge is -2.18. The SMILES string of the molecule is COc1ccc(-c2c(C)nc3cc(-c4cccs4)nn3c2-c2cc(OC)c(OC)c(OC)c2)cc1. The van der Waals surface area contributed by atoms with Crippen LogP contribution in [-0.4, -0.2) is 43.0 Å². The third-order valence-electron chi connectivity index (χ3n) is 5.87. The van der Waals surface area contributed by atoms with Gasteiger partial charge in [-0.05, 0) is 48.2 Å². The van der Waals surface area contributed by atoms with Crippen LogP contribution in [0.2, 0.25) is 0 Å². The van der Waals surface area contributed by atoms with Crippen molar-refractivity contribution in [1.29, 1.82) is 0 Å². The Kier molecular flexibility index (Phi) is 6.05. The van der Waals surface area contributed by atoms with Gasteiger partial charge in [-0.25, -0.2) is 9.50 Å². The van der Waals surface area contributed by atoms with Crippen molar-refractivity contribution in [3.8, 4) is 56.0 Å². The van der Waals surface area contributed by atoms with E-state index in [0.29, 0.717) is 17.2 Å². The van der Waals surface area contributed by atoms with Crippen molar-refractivity contribution in [2.75, 3.05) is 28.4 Å². The van der Waals surface area contributed by atoms with Crippen molar-refractivity contribution >= 4 is 17.0 Å². The molecule has 178 valence electrons. The van der Waals surface area contributed by atoms with E-state index in [9.17, 15) is 0 Å².